The molecular formula is C21H23NOS2. The molecule has 2 nitrogen and oxygen atoms in total. The molecule has 0 bridgehead atoms. The number of allylic oxidation sites excluding steroid dienone is 2. The first-order valence-corrected chi connectivity index (χ1v) is 10.5. The van der Waals surface area contributed by atoms with Gasteiger partial charge in [0.2, 0.25) is 0 Å². The molecule has 2 heterocycles. The summed E-state index contributed by atoms with van der Waals surface area (Å²) in [6, 6.07) is 13.4. The van der Waals surface area contributed by atoms with Crippen LogP contribution in [0.2, 0.25) is 0 Å². The SMILES string of the molecule is Cc1sc(-c2ccccc2)cc1N1C(=S=CO)C2CC=CCC2C1C. The Morgan fingerprint density at radius 1 is 1.20 bits per heavy atom. The highest BCUT2D eigenvalue weighted by atomic mass is 32.1. The fourth-order valence-electron chi connectivity index (χ4n) is 4.22. The summed E-state index contributed by atoms with van der Waals surface area (Å²) in [4.78, 5) is 6.43. The third-order valence-corrected chi connectivity index (χ3v) is 7.38. The molecule has 0 radical (unpaired) electrons. The van der Waals surface area contributed by atoms with E-state index in [1.165, 1.54) is 42.5 Å². The smallest absolute Gasteiger partial charge is 0.0893 e. The predicted molar refractivity (Wildman–Crippen MR) is 113 cm³/mol. The molecule has 1 aliphatic carbocycles. The number of nitrogens with zero attached hydrogens (tertiary/aromatic N) is 1. The van der Waals surface area contributed by atoms with E-state index in [4.69, 9.17) is 0 Å². The maximum absolute atomic E-state index is 9.50. The van der Waals surface area contributed by atoms with Gasteiger partial charge in [0.25, 0.3) is 0 Å². The van der Waals surface area contributed by atoms with Gasteiger partial charge in [0.15, 0.2) is 0 Å². The van der Waals surface area contributed by atoms with Gasteiger partial charge in [-0.25, -0.2) is 0 Å². The third kappa shape index (κ3) is 2.92. The van der Waals surface area contributed by atoms with E-state index in [2.05, 4.69) is 67.3 Å². The molecule has 3 unspecified atom stereocenters. The topological polar surface area (TPSA) is 23.5 Å². The molecule has 1 N–H and O–H groups in total. The molecule has 1 aromatic heterocycles. The van der Waals surface area contributed by atoms with Crippen molar-refractivity contribution >= 4 is 38.5 Å². The summed E-state index contributed by atoms with van der Waals surface area (Å²) in [6.45, 7) is 4.55. The lowest BCUT2D eigenvalue weighted by Gasteiger charge is -2.26. The minimum Gasteiger partial charge on any atom is -0.358 e. The maximum Gasteiger partial charge on any atom is 0.0893 e. The summed E-state index contributed by atoms with van der Waals surface area (Å²) in [5.41, 5.74) is 3.82. The molecule has 1 aromatic carbocycles. The quantitative estimate of drug-likeness (QED) is 0.542. The molecule has 1 fully saturated rings. The summed E-state index contributed by atoms with van der Waals surface area (Å²) >= 11 is 1.86. The second kappa shape index (κ2) is 6.94. The van der Waals surface area contributed by atoms with Gasteiger partial charge in [-0.1, -0.05) is 42.5 Å². The Labute approximate surface area is 157 Å². The molecule has 0 amide bonds. The molecule has 130 valence electrons. The molecule has 0 saturated carbocycles. The zero-order valence-electron chi connectivity index (χ0n) is 14.6. The molecule has 4 heteroatoms. The average Bonchev–Trinajstić information content (AvgIpc) is 3.15. The zero-order valence-corrected chi connectivity index (χ0v) is 16.2. The zero-order chi connectivity index (χ0) is 17.4. The van der Waals surface area contributed by atoms with Crippen molar-refractivity contribution in [2.24, 2.45) is 11.8 Å². The van der Waals surface area contributed by atoms with Crippen molar-refractivity contribution in [2.45, 2.75) is 32.7 Å². The second-order valence-electron chi connectivity index (χ2n) is 6.80. The van der Waals surface area contributed by atoms with Crippen LogP contribution in [0.25, 0.3) is 10.4 Å². The van der Waals surface area contributed by atoms with Crippen molar-refractivity contribution in [1.29, 1.82) is 0 Å². The molecule has 2 aliphatic rings. The van der Waals surface area contributed by atoms with Crippen LogP contribution in [-0.2, 0) is 0 Å². The molecule has 1 saturated heterocycles. The van der Waals surface area contributed by atoms with E-state index in [1.807, 2.05) is 11.3 Å². The Hall–Kier alpha value is -1.62. The van der Waals surface area contributed by atoms with E-state index < -0.39 is 0 Å². The van der Waals surface area contributed by atoms with Gasteiger partial charge >= 0.3 is 0 Å². The first-order valence-electron chi connectivity index (χ1n) is 8.80. The van der Waals surface area contributed by atoms with E-state index in [1.54, 1.807) is 0 Å². The Morgan fingerprint density at radius 3 is 2.72 bits per heavy atom. The number of fused-ring (bicyclic) bond motifs is 1. The van der Waals surface area contributed by atoms with Crippen molar-refractivity contribution in [2.75, 3.05) is 4.90 Å². The van der Waals surface area contributed by atoms with Crippen LogP contribution in [-0.4, -0.2) is 21.7 Å². The van der Waals surface area contributed by atoms with Gasteiger partial charge in [0.05, 0.1) is 16.2 Å². The number of benzene rings is 1. The number of thiophene rings is 1. The van der Waals surface area contributed by atoms with E-state index >= 15 is 0 Å². The standard InChI is InChI=1S/C21H23NOS2/c1-14-17-10-6-7-11-18(17)21(24-13-23)22(14)19-12-20(25-15(19)2)16-8-4-3-5-9-16/h3-9,12-14,17-18,23H,10-11H2,1-2H3. The number of rotatable bonds is 2. The lowest BCUT2D eigenvalue weighted by atomic mass is 9.82. The fourth-order valence-corrected chi connectivity index (χ4v) is 6.16. The van der Waals surface area contributed by atoms with Crippen LogP contribution in [0, 0.1) is 18.8 Å². The van der Waals surface area contributed by atoms with Crippen molar-refractivity contribution in [3.8, 4) is 10.4 Å². The van der Waals surface area contributed by atoms with Crippen LogP contribution < -0.4 is 4.90 Å². The molecular weight excluding hydrogens is 346 g/mol. The van der Waals surface area contributed by atoms with Crippen molar-refractivity contribution in [1.82, 2.24) is 0 Å². The van der Waals surface area contributed by atoms with Gasteiger partial charge in [-0.15, -0.1) is 22.3 Å². The van der Waals surface area contributed by atoms with Crippen LogP contribution in [0.15, 0.2) is 48.6 Å². The van der Waals surface area contributed by atoms with E-state index in [-0.39, 0.29) is 0 Å². The fraction of sp³-hybridized carbons (Fsp3) is 0.333. The van der Waals surface area contributed by atoms with Gasteiger partial charge < -0.3 is 10.0 Å². The van der Waals surface area contributed by atoms with Crippen LogP contribution >= 0.6 is 22.3 Å². The molecule has 0 spiro atoms. The highest BCUT2D eigenvalue weighted by molar-refractivity contribution is 7.97. The Bertz CT molecular complexity index is 861. The van der Waals surface area contributed by atoms with Crippen LogP contribution in [0.5, 0.6) is 0 Å². The summed E-state index contributed by atoms with van der Waals surface area (Å²) in [5.74, 6) is 1.15. The van der Waals surface area contributed by atoms with Gasteiger partial charge in [-0.05, 0) is 44.2 Å². The number of aliphatic hydroxyl groups is 1. The number of anilines is 1. The van der Waals surface area contributed by atoms with Gasteiger partial charge in [-0.3, -0.25) is 0 Å². The number of hydrogen-bond acceptors (Lipinski definition) is 1. The minimum atomic E-state index is 0.453. The minimum absolute atomic E-state index is 0.453. The van der Waals surface area contributed by atoms with Crippen LogP contribution in [0.1, 0.15) is 24.6 Å². The Balaban J connectivity index is 1.78. The van der Waals surface area contributed by atoms with Gasteiger partial charge in [0.1, 0.15) is 0 Å². The number of aryl methyl sites for hydroxylation is 1. The van der Waals surface area contributed by atoms with Crippen molar-refractivity contribution in [3.05, 3.63) is 53.4 Å². The van der Waals surface area contributed by atoms with Gasteiger partial charge in [-0.2, -0.15) is 0 Å². The molecule has 1 aliphatic heterocycles. The largest absolute Gasteiger partial charge is 0.358 e. The summed E-state index contributed by atoms with van der Waals surface area (Å²) < 4.78 is 0. The Morgan fingerprint density at radius 2 is 1.96 bits per heavy atom. The second-order valence-corrected chi connectivity index (χ2v) is 8.92. The predicted octanol–water partition coefficient (Wildman–Crippen LogP) is 5.70. The highest BCUT2D eigenvalue weighted by Crippen LogP contribution is 2.46. The molecule has 3 atom stereocenters. The van der Waals surface area contributed by atoms with Gasteiger partial charge in [0, 0.05) is 21.7 Å². The monoisotopic (exact) mass is 369 g/mol. The first kappa shape index (κ1) is 16.8. The number of hydrogen-bond donors (Lipinski definition) is 1. The third-order valence-electron chi connectivity index (χ3n) is 5.45. The Kier molecular flexibility index (Phi) is 4.67. The molecule has 2 aromatic rings. The van der Waals surface area contributed by atoms with Crippen molar-refractivity contribution in [3.63, 3.8) is 0 Å². The van der Waals surface area contributed by atoms with Crippen LogP contribution in [0.4, 0.5) is 5.69 Å². The lowest BCUT2D eigenvalue weighted by Crippen LogP contribution is -2.32. The first-order chi connectivity index (χ1) is 12.2. The van der Waals surface area contributed by atoms with E-state index in [9.17, 15) is 5.11 Å². The summed E-state index contributed by atoms with van der Waals surface area (Å²) in [5, 5.41) is 9.50. The highest BCUT2D eigenvalue weighted by Gasteiger charge is 2.44. The molecule has 25 heavy (non-hydrogen) atoms. The van der Waals surface area contributed by atoms with E-state index in [0.29, 0.717) is 17.9 Å². The van der Waals surface area contributed by atoms with Crippen molar-refractivity contribution < 1.29 is 5.11 Å². The molecule has 4 rings (SSSR count). The normalized spacial score (nSPS) is 25.2. The summed E-state index contributed by atoms with van der Waals surface area (Å²) in [6.07, 6.45) is 6.83. The van der Waals surface area contributed by atoms with E-state index in [0.717, 1.165) is 12.8 Å². The average molecular weight is 370 g/mol. The van der Waals surface area contributed by atoms with Crippen LogP contribution in [0.3, 0.4) is 0 Å². The maximum atomic E-state index is 9.50. The lowest BCUT2D eigenvalue weighted by molar-refractivity contribution is 0.396. The summed E-state index contributed by atoms with van der Waals surface area (Å²) in [7, 11) is 1.49. The number of aliphatic hydroxyl groups excluding tert-OH is 1.